The van der Waals surface area contributed by atoms with E-state index in [0.717, 1.165) is 11.3 Å². The van der Waals surface area contributed by atoms with Gasteiger partial charge in [-0.3, -0.25) is 4.79 Å². The topological polar surface area (TPSA) is 52.3 Å². The number of primary amides is 1. The first-order valence-corrected chi connectivity index (χ1v) is 3.84. The summed E-state index contributed by atoms with van der Waals surface area (Å²) in [5.74, 6) is 0.255. The lowest BCUT2D eigenvalue weighted by Gasteiger charge is -2.02. The first kappa shape index (κ1) is 9.32. The van der Waals surface area contributed by atoms with E-state index in [1.165, 1.54) is 6.08 Å². The van der Waals surface area contributed by atoms with Crippen LogP contribution in [0.25, 0.3) is 6.08 Å². The number of amides is 1. The molecule has 0 bridgehead atoms. The maximum Gasteiger partial charge on any atom is 0.241 e. The van der Waals surface area contributed by atoms with Crippen molar-refractivity contribution < 1.29 is 9.53 Å². The van der Waals surface area contributed by atoms with Crippen molar-refractivity contribution in [2.24, 2.45) is 5.73 Å². The van der Waals surface area contributed by atoms with E-state index in [4.69, 9.17) is 10.5 Å². The average Bonchev–Trinajstić information content (AvgIpc) is 2.15. The van der Waals surface area contributed by atoms with E-state index in [-0.39, 0.29) is 0 Å². The van der Waals surface area contributed by atoms with Crippen molar-refractivity contribution in [3.8, 4) is 5.75 Å². The Morgan fingerprint density at radius 2 is 2.15 bits per heavy atom. The maximum atomic E-state index is 10.5. The van der Waals surface area contributed by atoms with Gasteiger partial charge in [-0.05, 0) is 12.1 Å². The summed E-state index contributed by atoms with van der Waals surface area (Å²) in [6.45, 7) is 0. The number of benzene rings is 1. The molecule has 0 heterocycles. The Kier molecular flexibility index (Phi) is 3.09. The number of methoxy groups -OCH3 is 1. The predicted molar refractivity (Wildman–Crippen MR) is 51.2 cm³/mol. The highest BCUT2D eigenvalue weighted by atomic mass is 16.5. The van der Waals surface area contributed by atoms with Crippen LogP contribution in [0.15, 0.2) is 30.3 Å². The zero-order valence-corrected chi connectivity index (χ0v) is 7.36. The minimum absolute atomic E-state index is 0.467. The highest BCUT2D eigenvalue weighted by molar-refractivity contribution is 5.90. The standard InChI is InChI=1S/C10H11NO2/c1-13-9-5-3-2-4-8(9)6-7-10(11)12/h2-7H,1H3,(H2,11,12)/b7-6+. The van der Waals surface area contributed by atoms with E-state index in [1.807, 2.05) is 24.3 Å². The molecule has 68 valence electrons. The summed E-state index contributed by atoms with van der Waals surface area (Å²) in [5.41, 5.74) is 5.80. The molecule has 0 saturated carbocycles. The van der Waals surface area contributed by atoms with Crippen LogP contribution >= 0.6 is 0 Å². The fourth-order valence-electron chi connectivity index (χ4n) is 0.976. The number of rotatable bonds is 3. The predicted octanol–water partition coefficient (Wildman–Crippen LogP) is 1.19. The molecule has 1 amide bonds. The lowest BCUT2D eigenvalue weighted by Crippen LogP contribution is -2.05. The van der Waals surface area contributed by atoms with Crippen LogP contribution in [-0.4, -0.2) is 13.0 Å². The molecular formula is C10H11NO2. The molecule has 1 aromatic rings. The summed E-state index contributed by atoms with van der Waals surface area (Å²) in [7, 11) is 1.58. The highest BCUT2D eigenvalue weighted by Gasteiger charge is 1.96. The Bertz CT molecular complexity index is 331. The van der Waals surface area contributed by atoms with E-state index >= 15 is 0 Å². The van der Waals surface area contributed by atoms with Crippen LogP contribution < -0.4 is 10.5 Å². The summed E-state index contributed by atoms with van der Waals surface area (Å²) in [4.78, 5) is 10.5. The Hall–Kier alpha value is -1.77. The summed E-state index contributed by atoms with van der Waals surface area (Å²) in [5, 5.41) is 0. The number of nitrogens with two attached hydrogens (primary N) is 1. The van der Waals surface area contributed by atoms with Gasteiger partial charge in [0.15, 0.2) is 0 Å². The largest absolute Gasteiger partial charge is 0.496 e. The first-order valence-electron chi connectivity index (χ1n) is 3.84. The Labute approximate surface area is 76.8 Å². The molecule has 13 heavy (non-hydrogen) atoms. The normalized spacial score (nSPS) is 10.2. The van der Waals surface area contributed by atoms with Gasteiger partial charge >= 0.3 is 0 Å². The van der Waals surface area contributed by atoms with Crippen molar-refractivity contribution in [2.45, 2.75) is 0 Å². The molecule has 3 heteroatoms. The van der Waals surface area contributed by atoms with Crippen LogP contribution in [0, 0.1) is 0 Å². The van der Waals surface area contributed by atoms with Gasteiger partial charge < -0.3 is 10.5 Å². The van der Waals surface area contributed by atoms with Crippen molar-refractivity contribution in [1.29, 1.82) is 0 Å². The molecule has 3 nitrogen and oxygen atoms in total. The van der Waals surface area contributed by atoms with Crippen LogP contribution in [0.4, 0.5) is 0 Å². The fourth-order valence-corrected chi connectivity index (χ4v) is 0.976. The van der Waals surface area contributed by atoms with Crippen molar-refractivity contribution in [2.75, 3.05) is 7.11 Å². The van der Waals surface area contributed by atoms with Crippen LogP contribution in [0.1, 0.15) is 5.56 Å². The van der Waals surface area contributed by atoms with E-state index in [2.05, 4.69) is 0 Å². The third-order valence-corrected chi connectivity index (χ3v) is 1.57. The van der Waals surface area contributed by atoms with Crippen LogP contribution in [0.2, 0.25) is 0 Å². The Morgan fingerprint density at radius 1 is 1.46 bits per heavy atom. The molecule has 2 N–H and O–H groups in total. The van der Waals surface area contributed by atoms with Crippen molar-refractivity contribution in [1.82, 2.24) is 0 Å². The molecule has 0 aliphatic rings. The molecule has 1 aromatic carbocycles. The number of ether oxygens (including phenoxy) is 1. The summed E-state index contributed by atoms with van der Waals surface area (Å²) < 4.78 is 5.07. The van der Waals surface area contributed by atoms with Gasteiger partial charge in [0, 0.05) is 11.6 Å². The quantitative estimate of drug-likeness (QED) is 0.705. The number of para-hydroxylation sites is 1. The fraction of sp³-hybridized carbons (Fsp3) is 0.100. The number of carbonyl (C=O) groups is 1. The maximum absolute atomic E-state index is 10.5. The second-order valence-electron chi connectivity index (χ2n) is 2.48. The molecule has 0 aliphatic carbocycles. The molecule has 0 aliphatic heterocycles. The van der Waals surface area contributed by atoms with Crippen molar-refractivity contribution >= 4 is 12.0 Å². The van der Waals surface area contributed by atoms with Gasteiger partial charge in [-0.1, -0.05) is 18.2 Å². The Morgan fingerprint density at radius 3 is 2.77 bits per heavy atom. The van der Waals surface area contributed by atoms with Gasteiger partial charge in [-0.15, -0.1) is 0 Å². The lowest BCUT2D eigenvalue weighted by molar-refractivity contribution is -0.113. The molecular weight excluding hydrogens is 166 g/mol. The zero-order valence-electron chi connectivity index (χ0n) is 7.36. The van der Waals surface area contributed by atoms with E-state index < -0.39 is 5.91 Å². The van der Waals surface area contributed by atoms with E-state index in [0.29, 0.717) is 0 Å². The third kappa shape index (κ3) is 2.63. The monoisotopic (exact) mass is 177 g/mol. The number of carbonyl (C=O) groups excluding carboxylic acids is 1. The van der Waals surface area contributed by atoms with Gasteiger partial charge in [0.05, 0.1) is 7.11 Å². The van der Waals surface area contributed by atoms with E-state index in [9.17, 15) is 4.79 Å². The molecule has 0 spiro atoms. The van der Waals surface area contributed by atoms with Gasteiger partial charge in [0.1, 0.15) is 5.75 Å². The number of hydrogen-bond donors (Lipinski definition) is 1. The minimum Gasteiger partial charge on any atom is -0.496 e. The van der Waals surface area contributed by atoms with Crippen molar-refractivity contribution in [3.05, 3.63) is 35.9 Å². The van der Waals surface area contributed by atoms with Gasteiger partial charge in [-0.2, -0.15) is 0 Å². The summed E-state index contributed by atoms with van der Waals surface area (Å²) >= 11 is 0. The lowest BCUT2D eigenvalue weighted by atomic mass is 10.2. The van der Waals surface area contributed by atoms with Crippen LogP contribution in [-0.2, 0) is 4.79 Å². The van der Waals surface area contributed by atoms with Crippen LogP contribution in [0.3, 0.4) is 0 Å². The second-order valence-corrected chi connectivity index (χ2v) is 2.48. The molecule has 0 unspecified atom stereocenters. The highest BCUT2D eigenvalue weighted by Crippen LogP contribution is 2.18. The summed E-state index contributed by atoms with van der Waals surface area (Å²) in [6, 6.07) is 7.39. The summed E-state index contributed by atoms with van der Waals surface area (Å²) in [6.07, 6.45) is 2.93. The van der Waals surface area contributed by atoms with Gasteiger partial charge in [0.2, 0.25) is 5.91 Å². The molecule has 1 rings (SSSR count). The SMILES string of the molecule is COc1ccccc1/C=C/C(N)=O. The van der Waals surface area contributed by atoms with Crippen molar-refractivity contribution in [3.63, 3.8) is 0 Å². The third-order valence-electron chi connectivity index (χ3n) is 1.57. The average molecular weight is 177 g/mol. The Balaban J connectivity index is 2.93. The molecule has 0 fully saturated rings. The molecule has 0 saturated heterocycles. The molecule has 0 aromatic heterocycles. The van der Waals surface area contributed by atoms with E-state index in [1.54, 1.807) is 13.2 Å². The smallest absolute Gasteiger partial charge is 0.241 e. The molecule has 0 radical (unpaired) electrons. The van der Waals surface area contributed by atoms with Gasteiger partial charge in [-0.25, -0.2) is 0 Å². The minimum atomic E-state index is -0.467. The molecule has 0 atom stereocenters. The number of hydrogen-bond acceptors (Lipinski definition) is 2. The van der Waals surface area contributed by atoms with Crippen LogP contribution in [0.5, 0.6) is 5.75 Å². The zero-order chi connectivity index (χ0) is 9.68. The van der Waals surface area contributed by atoms with Gasteiger partial charge in [0.25, 0.3) is 0 Å². The first-order chi connectivity index (χ1) is 6.24. The second kappa shape index (κ2) is 4.30.